The Balaban J connectivity index is 1.95. The SMILES string of the molecule is Cc1ccc(C(C)N(C)C(=O)c2cnc3ccccn3c2=O)cc1. The number of aryl methyl sites for hydroxylation is 1. The molecular weight excluding hydrogens is 302 g/mol. The fourth-order valence-electron chi connectivity index (χ4n) is 2.61. The standard InChI is InChI=1S/C19H19N3O2/c1-13-7-9-15(10-8-13)14(2)21(3)18(23)16-12-20-17-6-4-5-11-22(17)19(16)24/h4-12,14H,1-3H3. The Hall–Kier alpha value is -2.95. The van der Waals surface area contributed by atoms with E-state index in [0.717, 1.165) is 11.1 Å². The van der Waals surface area contributed by atoms with Gasteiger partial charge in [0.25, 0.3) is 11.5 Å². The van der Waals surface area contributed by atoms with E-state index >= 15 is 0 Å². The number of benzene rings is 1. The van der Waals surface area contributed by atoms with Crippen molar-refractivity contribution < 1.29 is 4.79 Å². The fourth-order valence-corrected chi connectivity index (χ4v) is 2.61. The van der Waals surface area contributed by atoms with Crippen molar-refractivity contribution in [2.45, 2.75) is 19.9 Å². The predicted octanol–water partition coefficient (Wildman–Crippen LogP) is 2.84. The van der Waals surface area contributed by atoms with E-state index in [9.17, 15) is 9.59 Å². The van der Waals surface area contributed by atoms with Gasteiger partial charge in [-0.15, -0.1) is 0 Å². The first-order valence-corrected chi connectivity index (χ1v) is 7.79. The lowest BCUT2D eigenvalue weighted by Crippen LogP contribution is -2.35. The maximum atomic E-state index is 12.8. The molecule has 1 amide bonds. The quantitative estimate of drug-likeness (QED) is 0.745. The van der Waals surface area contributed by atoms with Crippen LogP contribution in [0.15, 0.2) is 59.7 Å². The molecule has 0 N–H and O–H groups in total. The van der Waals surface area contributed by atoms with E-state index < -0.39 is 0 Å². The Labute approximate surface area is 140 Å². The summed E-state index contributed by atoms with van der Waals surface area (Å²) in [6.45, 7) is 3.96. The van der Waals surface area contributed by atoms with E-state index in [4.69, 9.17) is 0 Å². The van der Waals surface area contributed by atoms with Crippen LogP contribution in [0, 0.1) is 6.92 Å². The summed E-state index contributed by atoms with van der Waals surface area (Å²) in [6.07, 6.45) is 2.98. The molecule has 24 heavy (non-hydrogen) atoms. The lowest BCUT2D eigenvalue weighted by Gasteiger charge is -2.25. The highest BCUT2D eigenvalue weighted by Crippen LogP contribution is 2.20. The van der Waals surface area contributed by atoms with Gasteiger partial charge in [0.1, 0.15) is 11.2 Å². The maximum Gasteiger partial charge on any atom is 0.270 e. The largest absolute Gasteiger partial charge is 0.335 e. The van der Waals surface area contributed by atoms with Crippen molar-refractivity contribution in [2.75, 3.05) is 7.05 Å². The fraction of sp³-hybridized carbons (Fsp3) is 0.211. The summed E-state index contributed by atoms with van der Waals surface area (Å²) in [4.78, 5) is 31.1. The van der Waals surface area contributed by atoms with Crippen molar-refractivity contribution >= 4 is 11.6 Å². The lowest BCUT2D eigenvalue weighted by atomic mass is 10.1. The van der Waals surface area contributed by atoms with E-state index in [0.29, 0.717) is 5.65 Å². The summed E-state index contributed by atoms with van der Waals surface area (Å²) in [5, 5.41) is 0. The van der Waals surface area contributed by atoms with Crippen molar-refractivity contribution in [3.8, 4) is 0 Å². The third kappa shape index (κ3) is 2.80. The molecule has 1 aromatic carbocycles. The van der Waals surface area contributed by atoms with Gasteiger partial charge in [0.15, 0.2) is 0 Å². The van der Waals surface area contributed by atoms with Gasteiger partial charge < -0.3 is 4.90 Å². The van der Waals surface area contributed by atoms with Crippen LogP contribution in [0.2, 0.25) is 0 Å². The Bertz CT molecular complexity index is 945. The zero-order valence-electron chi connectivity index (χ0n) is 13.9. The first kappa shape index (κ1) is 15.9. The summed E-state index contributed by atoms with van der Waals surface area (Å²) >= 11 is 0. The average molecular weight is 321 g/mol. The van der Waals surface area contributed by atoms with Crippen LogP contribution >= 0.6 is 0 Å². The highest BCUT2D eigenvalue weighted by Gasteiger charge is 2.22. The van der Waals surface area contributed by atoms with Crippen LogP contribution in [-0.4, -0.2) is 27.2 Å². The van der Waals surface area contributed by atoms with Crippen LogP contribution in [-0.2, 0) is 0 Å². The Kier molecular flexibility index (Phi) is 4.16. The molecule has 0 saturated heterocycles. The number of nitrogens with zero attached hydrogens (tertiary/aromatic N) is 3. The van der Waals surface area contributed by atoms with Crippen molar-refractivity contribution in [3.05, 3.63) is 81.9 Å². The Morgan fingerprint density at radius 1 is 1.17 bits per heavy atom. The minimum atomic E-state index is -0.353. The molecular formula is C19H19N3O2. The molecule has 5 nitrogen and oxygen atoms in total. The summed E-state index contributed by atoms with van der Waals surface area (Å²) in [7, 11) is 1.70. The number of aromatic nitrogens is 2. The number of carbonyl (C=O) groups is 1. The van der Waals surface area contributed by atoms with Gasteiger partial charge in [-0.05, 0) is 31.5 Å². The second-order valence-electron chi connectivity index (χ2n) is 5.91. The Morgan fingerprint density at radius 2 is 1.88 bits per heavy atom. The molecule has 0 spiro atoms. The zero-order chi connectivity index (χ0) is 17.3. The number of fused-ring (bicyclic) bond motifs is 1. The summed E-state index contributed by atoms with van der Waals surface area (Å²) in [6, 6.07) is 13.1. The molecule has 2 heterocycles. The summed E-state index contributed by atoms with van der Waals surface area (Å²) < 4.78 is 1.39. The minimum absolute atomic E-state index is 0.0696. The van der Waals surface area contributed by atoms with Crippen LogP contribution in [0.3, 0.4) is 0 Å². The molecule has 0 fully saturated rings. The first-order valence-electron chi connectivity index (χ1n) is 7.79. The van der Waals surface area contributed by atoms with E-state index in [1.54, 1.807) is 36.3 Å². The number of hydrogen-bond acceptors (Lipinski definition) is 3. The van der Waals surface area contributed by atoms with E-state index in [1.807, 2.05) is 38.1 Å². The van der Waals surface area contributed by atoms with E-state index in [1.165, 1.54) is 10.6 Å². The Morgan fingerprint density at radius 3 is 2.58 bits per heavy atom. The topological polar surface area (TPSA) is 54.7 Å². The highest BCUT2D eigenvalue weighted by molar-refractivity contribution is 5.93. The predicted molar refractivity (Wildman–Crippen MR) is 93.1 cm³/mol. The van der Waals surface area contributed by atoms with Crippen molar-refractivity contribution in [3.63, 3.8) is 0 Å². The lowest BCUT2D eigenvalue weighted by molar-refractivity contribution is 0.0740. The summed E-state index contributed by atoms with van der Waals surface area (Å²) in [5.74, 6) is -0.334. The molecule has 0 aliphatic heterocycles. The molecule has 0 bridgehead atoms. The molecule has 0 radical (unpaired) electrons. The van der Waals surface area contributed by atoms with Gasteiger partial charge in [-0.2, -0.15) is 0 Å². The molecule has 5 heteroatoms. The van der Waals surface area contributed by atoms with Crippen molar-refractivity contribution in [2.24, 2.45) is 0 Å². The van der Waals surface area contributed by atoms with Crippen molar-refractivity contribution in [1.82, 2.24) is 14.3 Å². The van der Waals surface area contributed by atoms with E-state index in [-0.39, 0.29) is 23.1 Å². The second kappa shape index (κ2) is 6.28. The van der Waals surface area contributed by atoms with Gasteiger partial charge in [-0.1, -0.05) is 35.9 Å². The van der Waals surface area contributed by atoms with E-state index in [2.05, 4.69) is 4.98 Å². The van der Waals surface area contributed by atoms with Crippen LogP contribution in [0.5, 0.6) is 0 Å². The normalized spacial score (nSPS) is 12.1. The number of hydrogen-bond donors (Lipinski definition) is 0. The monoisotopic (exact) mass is 321 g/mol. The third-order valence-corrected chi connectivity index (χ3v) is 4.30. The minimum Gasteiger partial charge on any atom is -0.335 e. The van der Waals surface area contributed by atoms with Gasteiger partial charge in [-0.25, -0.2) is 4.98 Å². The molecule has 122 valence electrons. The average Bonchev–Trinajstić information content (AvgIpc) is 2.61. The maximum absolute atomic E-state index is 12.8. The molecule has 3 rings (SSSR count). The molecule has 1 unspecified atom stereocenters. The van der Waals surface area contributed by atoms with Gasteiger partial charge in [-0.3, -0.25) is 14.0 Å². The number of carbonyl (C=O) groups excluding carboxylic acids is 1. The van der Waals surface area contributed by atoms with Crippen molar-refractivity contribution in [1.29, 1.82) is 0 Å². The van der Waals surface area contributed by atoms with Crippen LogP contribution in [0.25, 0.3) is 5.65 Å². The summed E-state index contributed by atoms with van der Waals surface area (Å²) in [5.41, 5.74) is 2.42. The molecule has 0 saturated carbocycles. The molecule has 0 aliphatic carbocycles. The second-order valence-corrected chi connectivity index (χ2v) is 5.91. The number of rotatable bonds is 3. The molecule has 0 aliphatic rings. The van der Waals surface area contributed by atoms with Gasteiger partial charge in [0.2, 0.25) is 0 Å². The van der Waals surface area contributed by atoms with Gasteiger partial charge in [0.05, 0.1) is 6.04 Å². The zero-order valence-corrected chi connectivity index (χ0v) is 13.9. The molecule has 1 atom stereocenters. The van der Waals surface area contributed by atoms with Gasteiger partial charge >= 0.3 is 0 Å². The third-order valence-electron chi connectivity index (χ3n) is 4.30. The smallest absolute Gasteiger partial charge is 0.270 e. The molecule has 3 aromatic rings. The van der Waals surface area contributed by atoms with Crippen LogP contribution in [0.4, 0.5) is 0 Å². The van der Waals surface area contributed by atoms with Gasteiger partial charge in [0, 0.05) is 19.4 Å². The number of amides is 1. The number of pyridine rings is 1. The first-order chi connectivity index (χ1) is 11.5. The van der Waals surface area contributed by atoms with Crippen LogP contribution < -0.4 is 5.56 Å². The van der Waals surface area contributed by atoms with Crippen LogP contribution in [0.1, 0.15) is 34.5 Å². The highest BCUT2D eigenvalue weighted by atomic mass is 16.2. The molecule has 2 aromatic heterocycles.